The monoisotopic (exact) mass is 892 g/mol. The van der Waals surface area contributed by atoms with Crippen molar-refractivity contribution in [2.24, 2.45) is 12.5 Å². The molecule has 344 valence electrons. The van der Waals surface area contributed by atoms with E-state index in [0.29, 0.717) is 34.3 Å². The molecule has 2 N–H and O–H groups in total. The Morgan fingerprint density at radius 3 is 2.38 bits per heavy atom. The van der Waals surface area contributed by atoms with Crippen molar-refractivity contribution in [3.05, 3.63) is 64.6 Å². The van der Waals surface area contributed by atoms with Crippen molar-refractivity contribution in [3.8, 4) is 0 Å². The molecule has 0 bridgehead atoms. The number of para-hydroxylation sites is 1. The Balaban J connectivity index is 0.000000176. The van der Waals surface area contributed by atoms with Crippen LogP contribution in [0.2, 0.25) is 0 Å². The molecule has 9 rings (SSSR count). The number of alkyl halides is 4. The molecule has 0 spiro atoms. The van der Waals surface area contributed by atoms with Crippen LogP contribution >= 0.6 is 0 Å². The number of benzene rings is 1. The van der Waals surface area contributed by atoms with Crippen LogP contribution in [0.15, 0.2) is 47.7 Å². The number of hydrogen-bond acceptors (Lipinski definition) is 10. The first kappa shape index (κ1) is 44.8. The Bertz CT molecular complexity index is 2600. The smallest absolute Gasteiger partial charge is 0.329 e. The normalized spacial score (nSPS) is 21.7. The molecule has 0 radical (unpaired) electrons. The number of imidazole rings is 1. The molecule has 1 saturated carbocycles. The fourth-order valence-corrected chi connectivity index (χ4v) is 9.59. The largest absolute Gasteiger partial charge is 0.364 e. The summed E-state index contributed by atoms with van der Waals surface area (Å²) < 4.78 is 62.9. The van der Waals surface area contributed by atoms with Crippen LogP contribution in [0, 0.1) is 5.41 Å². The summed E-state index contributed by atoms with van der Waals surface area (Å²) in [7, 11) is 4.87. The minimum Gasteiger partial charge on any atom is -0.364 e. The summed E-state index contributed by atoms with van der Waals surface area (Å²) in [6, 6.07) is 5.46. The van der Waals surface area contributed by atoms with Crippen molar-refractivity contribution in [2.75, 3.05) is 55.4 Å². The van der Waals surface area contributed by atoms with Gasteiger partial charge in [-0.05, 0) is 76.2 Å². The third kappa shape index (κ3) is 8.84. The number of carbonyl (C=O) groups is 3. The number of fused-ring (bicyclic) bond motifs is 2. The highest BCUT2D eigenvalue weighted by Crippen LogP contribution is 2.37. The van der Waals surface area contributed by atoms with Gasteiger partial charge in [-0.1, -0.05) is 39.2 Å². The molecule has 2 unspecified atom stereocenters. The summed E-state index contributed by atoms with van der Waals surface area (Å²) in [5, 5.41) is 13.3. The van der Waals surface area contributed by atoms with Gasteiger partial charge < -0.3 is 20.0 Å². The first-order valence-electron chi connectivity index (χ1n) is 22.0. The van der Waals surface area contributed by atoms with Crippen LogP contribution in [0.5, 0.6) is 0 Å². The highest BCUT2D eigenvalue weighted by atomic mass is 19.3. The van der Waals surface area contributed by atoms with Crippen LogP contribution < -0.4 is 26.1 Å². The second-order valence-corrected chi connectivity index (χ2v) is 18.5. The Hall–Kier alpha value is -5.79. The zero-order valence-corrected chi connectivity index (χ0v) is 36.9. The van der Waals surface area contributed by atoms with Crippen molar-refractivity contribution >= 4 is 51.6 Å². The van der Waals surface area contributed by atoms with Gasteiger partial charge in [-0.3, -0.25) is 33.5 Å². The first-order valence-corrected chi connectivity index (χ1v) is 22.0. The molecule has 20 heteroatoms. The average molecular weight is 893 g/mol. The van der Waals surface area contributed by atoms with Gasteiger partial charge in [0.05, 0.1) is 47.2 Å². The molecule has 1 aliphatic carbocycles. The molecule has 5 aromatic rings. The Kier molecular flexibility index (Phi) is 12.4. The van der Waals surface area contributed by atoms with Crippen LogP contribution in [0.3, 0.4) is 0 Å². The molecule has 3 amide bonds. The van der Waals surface area contributed by atoms with Crippen LogP contribution in [0.4, 0.5) is 34.8 Å². The maximum atomic E-state index is 14.8. The Morgan fingerprint density at radius 1 is 0.969 bits per heavy atom. The molecule has 3 saturated heterocycles. The van der Waals surface area contributed by atoms with Gasteiger partial charge in [-0.2, -0.15) is 10.2 Å². The van der Waals surface area contributed by atoms with Crippen molar-refractivity contribution < 1.29 is 31.9 Å². The number of halogens is 4. The van der Waals surface area contributed by atoms with Crippen molar-refractivity contribution in [1.82, 2.24) is 43.7 Å². The molecule has 7 heterocycles. The lowest BCUT2D eigenvalue weighted by Crippen LogP contribution is -2.56. The molecule has 4 aliphatic rings. The quantitative estimate of drug-likeness (QED) is 0.133. The van der Waals surface area contributed by atoms with Gasteiger partial charge in [0.2, 0.25) is 11.8 Å². The lowest BCUT2D eigenvalue weighted by atomic mass is 9.83. The SMILES string of the molecule is CC1(C)CCN(c2ccn3ncc(C(=O)Nc4cn(C5CCCCC5)nc4C(F)F)c3n2)CC1.CN(C)C1CCN(c2cccc3c2n(C)c(=O)n3C2CCC(=O)NC2=O)CC1(F)F. The van der Waals surface area contributed by atoms with E-state index in [9.17, 15) is 36.7 Å². The lowest BCUT2D eigenvalue weighted by molar-refractivity contribution is -0.135. The van der Waals surface area contributed by atoms with Gasteiger partial charge >= 0.3 is 5.69 Å². The minimum absolute atomic E-state index is 0.0411. The average Bonchev–Trinajstić information content (AvgIpc) is 3.95. The fourth-order valence-electron chi connectivity index (χ4n) is 9.59. The number of aryl methyl sites for hydroxylation is 1. The molecular weight excluding hydrogens is 837 g/mol. The minimum atomic E-state index is -2.91. The zero-order chi connectivity index (χ0) is 45.7. The van der Waals surface area contributed by atoms with Crippen LogP contribution in [0.25, 0.3) is 16.7 Å². The zero-order valence-electron chi connectivity index (χ0n) is 36.9. The number of aromatic nitrogens is 7. The first-order chi connectivity index (χ1) is 30.4. The Morgan fingerprint density at radius 2 is 1.70 bits per heavy atom. The van der Waals surface area contributed by atoms with E-state index in [4.69, 9.17) is 4.98 Å². The van der Waals surface area contributed by atoms with Crippen LogP contribution in [-0.4, -0.2) is 108 Å². The number of rotatable bonds is 8. The number of anilines is 3. The molecule has 16 nitrogen and oxygen atoms in total. The number of carbonyl (C=O) groups excluding carboxylic acids is 3. The number of imide groups is 1. The maximum absolute atomic E-state index is 14.8. The van der Waals surface area contributed by atoms with Gasteiger partial charge in [0.15, 0.2) is 11.3 Å². The molecule has 4 fully saturated rings. The summed E-state index contributed by atoms with van der Waals surface area (Å²) in [5.41, 5.74) is 1.71. The predicted molar refractivity (Wildman–Crippen MR) is 233 cm³/mol. The summed E-state index contributed by atoms with van der Waals surface area (Å²) in [4.78, 5) is 60.1. The van der Waals surface area contributed by atoms with E-state index in [0.717, 1.165) is 63.9 Å². The summed E-state index contributed by atoms with van der Waals surface area (Å²) in [6.07, 6.45) is 9.83. The summed E-state index contributed by atoms with van der Waals surface area (Å²) >= 11 is 0. The van der Waals surface area contributed by atoms with Gasteiger partial charge in [0.25, 0.3) is 18.3 Å². The van der Waals surface area contributed by atoms with E-state index in [1.807, 2.05) is 6.07 Å². The number of amides is 3. The highest BCUT2D eigenvalue weighted by molar-refractivity contribution is 6.08. The van der Waals surface area contributed by atoms with E-state index in [-0.39, 0.29) is 42.5 Å². The number of piperidine rings is 3. The molecule has 3 aliphatic heterocycles. The number of hydrogen-bond donors (Lipinski definition) is 2. The Labute approximate surface area is 367 Å². The standard InChI is InChI=1S/C24H31F2N7O.C20H25F2N5O3/c1-24(2)9-12-31(13-10-24)19-8-11-32-22(29-19)17(14-27-32)23(34)28-18-15-33(30-20(18)21(25)26)16-6-4-3-5-7-16;1-24(2)15-9-10-26(11-20(15,21)22)12-5-4-6-13-17(12)25(3)19(30)27(13)14-7-8-16(28)23-18(14)29/h8,11,14-16,21H,3-7,9-10,12-13H2,1-2H3,(H,28,34);4-6,14-15H,7-11H2,1-3H3,(H,23,28,29). The van der Waals surface area contributed by atoms with Gasteiger partial charge in [-0.15, -0.1) is 0 Å². The van der Waals surface area contributed by atoms with Crippen molar-refractivity contribution in [1.29, 1.82) is 0 Å². The van der Waals surface area contributed by atoms with E-state index >= 15 is 0 Å². The second kappa shape index (κ2) is 17.6. The van der Waals surface area contributed by atoms with Crippen LogP contribution in [-0.2, 0) is 16.6 Å². The number of nitrogens with zero attached hydrogens (tertiary/aromatic N) is 10. The summed E-state index contributed by atoms with van der Waals surface area (Å²) in [5.74, 6) is -3.53. The molecule has 64 heavy (non-hydrogen) atoms. The third-order valence-electron chi connectivity index (χ3n) is 13.3. The van der Waals surface area contributed by atoms with E-state index in [1.54, 1.807) is 60.0 Å². The van der Waals surface area contributed by atoms with Gasteiger partial charge in [-0.25, -0.2) is 31.9 Å². The lowest BCUT2D eigenvalue weighted by Gasteiger charge is -2.42. The van der Waals surface area contributed by atoms with Crippen molar-refractivity contribution in [2.45, 2.75) is 109 Å². The van der Waals surface area contributed by atoms with Gasteiger partial charge in [0.1, 0.15) is 17.4 Å². The summed E-state index contributed by atoms with van der Waals surface area (Å²) in [6.45, 7) is 6.30. The molecular formula is C44H56F4N12O4. The molecule has 1 aromatic carbocycles. The molecule has 4 aromatic heterocycles. The fraction of sp³-hybridized carbons (Fsp3) is 0.568. The topological polar surface area (TPSA) is 160 Å². The van der Waals surface area contributed by atoms with Gasteiger partial charge in [0, 0.05) is 45.5 Å². The van der Waals surface area contributed by atoms with Crippen LogP contribution in [0.1, 0.15) is 113 Å². The third-order valence-corrected chi connectivity index (χ3v) is 13.3. The van der Waals surface area contributed by atoms with Crippen molar-refractivity contribution in [3.63, 3.8) is 0 Å². The van der Waals surface area contributed by atoms with E-state index in [2.05, 4.69) is 39.6 Å². The highest BCUT2D eigenvalue weighted by Gasteiger charge is 2.46. The predicted octanol–water partition coefficient (Wildman–Crippen LogP) is 6.34. The molecule has 2 atom stereocenters. The number of nitrogens with one attached hydrogen (secondary N) is 2. The van der Waals surface area contributed by atoms with E-state index < -0.39 is 54.2 Å². The maximum Gasteiger partial charge on any atom is 0.329 e. The van der Waals surface area contributed by atoms with E-state index in [1.165, 1.54) is 26.0 Å². The second-order valence-electron chi connectivity index (χ2n) is 18.5.